The zero-order chi connectivity index (χ0) is 18.1. The summed E-state index contributed by atoms with van der Waals surface area (Å²) in [7, 11) is 0. The van der Waals surface area contributed by atoms with Crippen molar-refractivity contribution in [3.05, 3.63) is 50.5 Å². The third kappa shape index (κ3) is 3.43. The van der Waals surface area contributed by atoms with E-state index in [1.165, 1.54) is 11.3 Å². The van der Waals surface area contributed by atoms with Crippen LogP contribution in [0, 0.1) is 12.7 Å². The summed E-state index contributed by atoms with van der Waals surface area (Å²) in [6.07, 6.45) is -4.11. The quantitative estimate of drug-likeness (QED) is 0.750. The number of benzene rings is 1. The summed E-state index contributed by atoms with van der Waals surface area (Å²) in [4.78, 5) is 17.4. The summed E-state index contributed by atoms with van der Waals surface area (Å²) in [6.45, 7) is 6.26. The highest BCUT2D eigenvalue weighted by Crippen LogP contribution is 2.32. The van der Waals surface area contributed by atoms with E-state index in [0.717, 1.165) is 29.1 Å². The average Bonchev–Trinajstić information content (AvgIpc) is 2.81. The molecule has 1 aromatic heterocycles. The van der Waals surface area contributed by atoms with Crippen molar-refractivity contribution in [3.63, 3.8) is 0 Å². The van der Waals surface area contributed by atoms with Crippen molar-refractivity contribution >= 4 is 17.2 Å². The Kier molecular flexibility index (Phi) is 5.27. The fraction of sp³-hybridized carbons (Fsp3) is 0.375. The van der Waals surface area contributed by atoms with Crippen LogP contribution in [0.2, 0.25) is 0 Å². The van der Waals surface area contributed by atoms with E-state index in [0.29, 0.717) is 17.4 Å². The molecule has 130 valence electrons. The van der Waals surface area contributed by atoms with Crippen LogP contribution >= 0.6 is 11.3 Å². The second-order valence-electron chi connectivity index (χ2n) is 5.07. The molecular weight excluding hydrogens is 344 g/mol. The first-order chi connectivity index (χ1) is 11.2. The van der Waals surface area contributed by atoms with Crippen LogP contribution in [-0.4, -0.2) is 10.5 Å². The Labute approximate surface area is 140 Å². The average molecular weight is 360 g/mol. The lowest BCUT2D eigenvalue weighted by atomic mass is 10.1. The van der Waals surface area contributed by atoms with E-state index < -0.39 is 29.0 Å². The van der Waals surface area contributed by atoms with E-state index in [4.69, 9.17) is 0 Å². The minimum absolute atomic E-state index is 0.355. The van der Waals surface area contributed by atoms with Crippen molar-refractivity contribution in [1.29, 1.82) is 0 Å². The number of aromatic nitrogens is 1. The van der Waals surface area contributed by atoms with Crippen molar-refractivity contribution in [3.8, 4) is 0 Å². The number of carbonyl (C=O) groups is 1. The Hall–Kier alpha value is -1.96. The molecule has 0 unspecified atom stereocenters. The number of thiazole rings is 1. The molecule has 1 heterocycles. The summed E-state index contributed by atoms with van der Waals surface area (Å²) in [6, 6.07) is 2.61. The normalized spacial score (nSPS) is 12.7. The highest BCUT2D eigenvalue weighted by molar-refractivity contribution is 7.09. The molecule has 0 radical (unpaired) electrons. The van der Waals surface area contributed by atoms with Crippen LogP contribution in [0.5, 0.6) is 0 Å². The number of hydrogen-bond donors (Lipinski definition) is 0. The molecule has 1 amide bonds. The monoisotopic (exact) mass is 360 g/mol. The molecule has 0 aliphatic rings. The lowest BCUT2D eigenvalue weighted by molar-refractivity contribution is -0.140. The second-order valence-corrected chi connectivity index (χ2v) is 6.13. The van der Waals surface area contributed by atoms with E-state index in [9.17, 15) is 22.4 Å². The number of aryl methyl sites for hydroxylation is 1. The van der Waals surface area contributed by atoms with Gasteiger partial charge in [0.15, 0.2) is 4.80 Å². The maximum absolute atomic E-state index is 14.1. The van der Waals surface area contributed by atoms with Crippen LogP contribution in [0.25, 0.3) is 0 Å². The lowest BCUT2D eigenvalue weighted by Gasteiger charge is -2.09. The topological polar surface area (TPSA) is 34.4 Å². The number of carbonyl (C=O) groups excluding carboxylic acids is 1. The minimum atomic E-state index is -4.86. The third-order valence-corrected chi connectivity index (χ3v) is 4.95. The predicted octanol–water partition coefficient (Wildman–Crippen LogP) is 4.34. The molecule has 0 bridgehead atoms. The first-order valence-electron chi connectivity index (χ1n) is 7.34. The van der Waals surface area contributed by atoms with Gasteiger partial charge in [-0.2, -0.15) is 18.2 Å². The van der Waals surface area contributed by atoms with Gasteiger partial charge in [0.05, 0.1) is 11.1 Å². The molecule has 2 aromatic rings. The molecule has 0 saturated carbocycles. The Morgan fingerprint density at radius 3 is 2.50 bits per heavy atom. The van der Waals surface area contributed by atoms with E-state index in [-0.39, 0.29) is 0 Å². The third-order valence-electron chi connectivity index (χ3n) is 3.62. The van der Waals surface area contributed by atoms with Crippen LogP contribution in [0.15, 0.2) is 23.2 Å². The summed E-state index contributed by atoms with van der Waals surface area (Å²) in [5, 5.41) is 0. The Morgan fingerprint density at radius 2 is 1.96 bits per heavy atom. The zero-order valence-corrected chi connectivity index (χ0v) is 14.2. The molecule has 0 N–H and O–H groups in total. The van der Waals surface area contributed by atoms with Crippen LogP contribution in [-0.2, 0) is 19.1 Å². The molecular formula is C16H16F4N2OS. The van der Waals surface area contributed by atoms with E-state index in [2.05, 4.69) is 4.99 Å². The smallest absolute Gasteiger partial charge is 0.321 e. The second kappa shape index (κ2) is 6.88. The van der Waals surface area contributed by atoms with E-state index in [1.807, 2.05) is 20.8 Å². The van der Waals surface area contributed by atoms with E-state index in [1.54, 1.807) is 4.57 Å². The number of halogens is 4. The first kappa shape index (κ1) is 18.4. The Morgan fingerprint density at radius 1 is 1.29 bits per heavy atom. The highest BCUT2D eigenvalue weighted by Gasteiger charge is 2.35. The van der Waals surface area contributed by atoms with Gasteiger partial charge in [0.1, 0.15) is 5.82 Å². The van der Waals surface area contributed by atoms with Gasteiger partial charge in [-0.3, -0.25) is 4.79 Å². The molecule has 0 saturated heterocycles. The number of nitrogens with zero attached hydrogens (tertiary/aromatic N) is 2. The molecule has 0 atom stereocenters. The standard InChI is InChI=1S/C16H16F4N2OS/c1-4-12-9(3)22(5-2)15(24-12)21-14(23)10-7-6-8-11(13(10)17)16(18,19)20/h6-8H,4-5H2,1-3H3/b21-15-. The maximum atomic E-state index is 14.1. The highest BCUT2D eigenvalue weighted by atomic mass is 32.1. The van der Waals surface area contributed by atoms with Gasteiger partial charge in [-0.15, -0.1) is 11.3 Å². The van der Waals surface area contributed by atoms with Gasteiger partial charge in [0.2, 0.25) is 0 Å². The first-order valence-corrected chi connectivity index (χ1v) is 8.16. The van der Waals surface area contributed by atoms with Gasteiger partial charge in [-0.05, 0) is 32.4 Å². The zero-order valence-electron chi connectivity index (χ0n) is 13.4. The molecule has 1 aromatic carbocycles. The molecule has 0 aliphatic carbocycles. The van der Waals surface area contributed by atoms with Crippen LogP contribution in [0.4, 0.5) is 17.6 Å². The SMILES string of the molecule is CCc1s/c(=N\C(=O)c2cccc(C(F)(F)F)c2F)n(CC)c1C. The molecule has 0 aliphatic heterocycles. The fourth-order valence-corrected chi connectivity index (χ4v) is 3.51. The van der Waals surface area contributed by atoms with Crippen LogP contribution < -0.4 is 4.80 Å². The van der Waals surface area contributed by atoms with Crippen molar-refractivity contribution < 1.29 is 22.4 Å². The maximum Gasteiger partial charge on any atom is 0.419 e. The molecule has 3 nitrogen and oxygen atoms in total. The van der Waals surface area contributed by atoms with Crippen LogP contribution in [0.3, 0.4) is 0 Å². The number of alkyl halides is 3. The summed E-state index contributed by atoms with van der Waals surface area (Å²) in [5.74, 6) is -2.62. The van der Waals surface area contributed by atoms with E-state index >= 15 is 0 Å². The van der Waals surface area contributed by atoms with Crippen molar-refractivity contribution in [1.82, 2.24) is 4.57 Å². The van der Waals surface area contributed by atoms with Crippen molar-refractivity contribution in [2.24, 2.45) is 4.99 Å². The molecule has 0 fully saturated rings. The van der Waals surface area contributed by atoms with Gasteiger partial charge in [0.25, 0.3) is 5.91 Å². The Bertz CT molecular complexity index is 834. The van der Waals surface area contributed by atoms with Gasteiger partial charge in [-0.1, -0.05) is 13.0 Å². The lowest BCUT2D eigenvalue weighted by Crippen LogP contribution is -2.18. The van der Waals surface area contributed by atoms with Gasteiger partial charge >= 0.3 is 6.18 Å². The van der Waals surface area contributed by atoms with Gasteiger partial charge < -0.3 is 4.57 Å². The fourth-order valence-electron chi connectivity index (χ4n) is 2.38. The number of amides is 1. The molecule has 24 heavy (non-hydrogen) atoms. The minimum Gasteiger partial charge on any atom is -0.321 e. The van der Waals surface area contributed by atoms with Crippen molar-refractivity contribution in [2.45, 2.75) is 39.9 Å². The summed E-state index contributed by atoms with van der Waals surface area (Å²) < 4.78 is 54.1. The number of rotatable bonds is 3. The summed E-state index contributed by atoms with van der Waals surface area (Å²) >= 11 is 1.28. The van der Waals surface area contributed by atoms with Crippen LogP contribution in [0.1, 0.15) is 40.3 Å². The van der Waals surface area contributed by atoms with Crippen molar-refractivity contribution in [2.75, 3.05) is 0 Å². The number of hydrogen-bond acceptors (Lipinski definition) is 2. The molecule has 0 spiro atoms. The largest absolute Gasteiger partial charge is 0.419 e. The molecule has 2 rings (SSSR count). The van der Waals surface area contributed by atoms with Gasteiger partial charge in [-0.25, -0.2) is 4.39 Å². The Balaban J connectivity index is 2.56. The summed E-state index contributed by atoms with van der Waals surface area (Å²) in [5.41, 5.74) is -1.21. The van der Waals surface area contributed by atoms with Gasteiger partial charge in [0, 0.05) is 17.1 Å². The molecule has 8 heteroatoms. The predicted molar refractivity (Wildman–Crippen MR) is 83.4 cm³/mol.